The van der Waals surface area contributed by atoms with Gasteiger partial charge >= 0.3 is 12.1 Å². The van der Waals surface area contributed by atoms with Crippen molar-refractivity contribution in [2.45, 2.75) is 13.0 Å². The fourth-order valence-corrected chi connectivity index (χ4v) is 2.65. The first-order valence-corrected chi connectivity index (χ1v) is 9.15. The number of hydrogen-bond donors (Lipinski definition) is 3. The Morgan fingerprint density at radius 3 is 2.60 bits per heavy atom. The number of aliphatic hydroxyl groups is 1. The van der Waals surface area contributed by atoms with E-state index in [2.05, 4.69) is 5.32 Å². The predicted molar refractivity (Wildman–Crippen MR) is 109 cm³/mol. The summed E-state index contributed by atoms with van der Waals surface area (Å²) < 4.78 is 11.0. The largest absolute Gasteiger partial charge is 0.491 e. The van der Waals surface area contributed by atoms with E-state index in [0.29, 0.717) is 22.6 Å². The van der Waals surface area contributed by atoms with E-state index in [0.717, 1.165) is 6.08 Å². The summed E-state index contributed by atoms with van der Waals surface area (Å²) in [7, 11) is 0. The molecule has 0 saturated heterocycles. The SMILES string of the molecule is C[C@@H](/C=C/C(=O)O)[C@H](OC(=O)Nc1ccc(C#N)cc1)c1cccc(OCCO)c1. The van der Waals surface area contributed by atoms with Crippen molar-refractivity contribution in [2.24, 2.45) is 5.92 Å². The lowest BCUT2D eigenvalue weighted by atomic mass is 9.96. The molecule has 1 amide bonds. The lowest BCUT2D eigenvalue weighted by Crippen LogP contribution is -2.21. The minimum atomic E-state index is -1.11. The van der Waals surface area contributed by atoms with Crippen molar-refractivity contribution in [1.29, 1.82) is 5.26 Å². The summed E-state index contributed by atoms with van der Waals surface area (Å²) in [5.74, 6) is -1.08. The Kier molecular flexibility index (Phi) is 8.41. The maximum absolute atomic E-state index is 12.4. The summed E-state index contributed by atoms with van der Waals surface area (Å²) in [6.07, 6.45) is 0.896. The number of rotatable bonds is 9. The number of nitrogens with one attached hydrogen (secondary N) is 1. The smallest absolute Gasteiger partial charge is 0.412 e. The standard InChI is InChI=1S/C22H22N2O6/c1-15(5-10-20(26)27)21(17-3-2-4-19(13-17)29-12-11-25)30-22(28)24-18-8-6-16(14-23)7-9-18/h2-10,13,15,21,25H,11-12H2,1H3,(H,24,28)(H,26,27)/b10-5+/t15-,21-/m0/s1. The van der Waals surface area contributed by atoms with Gasteiger partial charge in [0, 0.05) is 17.7 Å². The van der Waals surface area contributed by atoms with Crippen molar-refractivity contribution < 1.29 is 29.3 Å². The summed E-state index contributed by atoms with van der Waals surface area (Å²) in [6, 6.07) is 15.1. The number of ether oxygens (including phenoxy) is 2. The van der Waals surface area contributed by atoms with Crippen LogP contribution in [-0.4, -0.2) is 35.5 Å². The first-order valence-electron chi connectivity index (χ1n) is 9.15. The maximum atomic E-state index is 12.4. The monoisotopic (exact) mass is 410 g/mol. The quantitative estimate of drug-likeness (QED) is 0.540. The third-order valence-corrected chi connectivity index (χ3v) is 4.06. The number of carboxylic acid groups (broad SMARTS) is 1. The van der Waals surface area contributed by atoms with Crippen LogP contribution in [0.1, 0.15) is 24.2 Å². The van der Waals surface area contributed by atoms with Crippen LogP contribution in [0, 0.1) is 17.2 Å². The molecule has 0 fully saturated rings. The molecule has 0 aliphatic carbocycles. The summed E-state index contributed by atoms with van der Waals surface area (Å²) in [5.41, 5.74) is 1.51. The number of anilines is 1. The number of carbonyl (C=O) groups excluding carboxylic acids is 1. The molecule has 2 atom stereocenters. The number of hydrogen-bond acceptors (Lipinski definition) is 6. The number of aliphatic carboxylic acids is 1. The molecule has 0 saturated carbocycles. The highest BCUT2D eigenvalue weighted by molar-refractivity contribution is 5.85. The topological polar surface area (TPSA) is 129 Å². The van der Waals surface area contributed by atoms with Gasteiger partial charge in [0.1, 0.15) is 18.5 Å². The number of benzene rings is 2. The average molecular weight is 410 g/mol. The molecule has 0 radical (unpaired) electrons. The van der Waals surface area contributed by atoms with Gasteiger partial charge < -0.3 is 19.7 Å². The van der Waals surface area contributed by atoms with Crippen LogP contribution in [0.5, 0.6) is 5.75 Å². The zero-order chi connectivity index (χ0) is 21.9. The van der Waals surface area contributed by atoms with Crippen LogP contribution >= 0.6 is 0 Å². The Morgan fingerprint density at radius 1 is 1.23 bits per heavy atom. The van der Waals surface area contributed by atoms with Crippen molar-refractivity contribution in [3.05, 3.63) is 71.8 Å². The van der Waals surface area contributed by atoms with Gasteiger partial charge in [-0.15, -0.1) is 0 Å². The van der Waals surface area contributed by atoms with Gasteiger partial charge in [-0.1, -0.05) is 25.1 Å². The van der Waals surface area contributed by atoms with E-state index in [9.17, 15) is 9.59 Å². The van der Waals surface area contributed by atoms with Crippen LogP contribution in [0.25, 0.3) is 0 Å². The molecule has 0 aliphatic rings. The molecule has 0 unspecified atom stereocenters. The number of amides is 1. The molecular formula is C22H22N2O6. The minimum absolute atomic E-state index is 0.114. The van der Waals surface area contributed by atoms with Crippen LogP contribution < -0.4 is 10.1 Å². The van der Waals surface area contributed by atoms with Crippen LogP contribution in [-0.2, 0) is 9.53 Å². The van der Waals surface area contributed by atoms with Crippen molar-refractivity contribution in [2.75, 3.05) is 18.5 Å². The summed E-state index contributed by atoms with van der Waals surface area (Å²) in [6.45, 7) is 1.69. The lowest BCUT2D eigenvalue weighted by molar-refractivity contribution is -0.131. The highest BCUT2D eigenvalue weighted by Crippen LogP contribution is 2.30. The zero-order valence-electron chi connectivity index (χ0n) is 16.3. The van der Waals surface area contributed by atoms with Gasteiger partial charge in [0.05, 0.1) is 18.2 Å². The van der Waals surface area contributed by atoms with Crippen LogP contribution in [0.3, 0.4) is 0 Å². The number of aliphatic hydroxyl groups excluding tert-OH is 1. The van der Waals surface area contributed by atoms with Crippen molar-refractivity contribution in [1.82, 2.24) is 0 Å². The van der Waals surface area contributed by atoms with Gasteiger partial charge in [0.2, 0.25) is 0 Å². The lowest BCUT2D eigenvalue weighted by Gasteiger charge is -2.23. The molecule has 156 valence electrons. The number of carbonyl (C=O) groups is 2. The Balaban J connectivity index is 2.21. The molecule has 2 aromatic carbocycles. The fraction of sp³-hybridized carbons (Fsp3) is 0.227. The normalized spacial score (nSPS) is 12.6. The second-order valence-electron chi connectivity index (χ2n) is 6.34. The minimum Gasteiger partial charge on any atom is -0.491 e. The highest BCUT2D eigenvalue weighted by atomic mass is 16.6. The predicted octanol–water partition coefficient (Wildman–Crippen LogP) is 3.50. The Morgan fingerprint density at radius 2 is 1.97 bits per heavy atom. The molecule has 2 rings (SSSR count). The highest BCUT2D eigenvalue weighted by Gasteiger charge is 2.23. The molecule has 0 aromatic heterocycles. The molecule has 8 heteroatoms. The zero-order valence-corrected chi connectivity index (χ0v) is 16.3. The van der Waals surface area contributed by atoms with Gasteiger partial charge in [-0.3, -0.25) is 5.32 Å². The van der Waals surface area contributed by atoms with Gasteiger partial charge in [-0.2, -0.15) is 5.26 Å². The first-order chi connectivity index (χ1) is 14.4. The number of nitrogens with zero attached hydrogens (tertiary/aromatic N) is 1. The van der Waals surface area contributed by atoms with Crippen molar-refractivity contribution >= 4 is 17.7 Å². The molecule has 0 heterocycles. The van der Waals surface area contributed by atoms with E-state index in [4.69, 9.17) is 24.9 Å². The summed E-state index contributed by atoms with van der Waals surface area (Å²) in [4.78, 5) is 23.3. The fourth-order valence-electron chi connectivity index (χ4n) is 2.65. The van der Waals surface area contributed by atoms with E-state index >= 15 is 0 Å². The Labute approximate surface area is 174 Å². The van der Waals surface area contributed by atoms with Crippen molar-refractivity contribution in [3.63, 3.8) is 0 Å². The summed E-state index contributed by atoms with van der Waals surface area (Å²) in [5, 5.41) is 29.3. The van der Waals surface area contributed by atoms with E-state index in [1.165, 1.54) is 6.08 Å². The third kappa shape index (κ3) is 6.96. The molecule has 0 aliphatic heterocycles. The molecule has 3 N–H and O–H groups in total. The first kappa shape index (κ1) is 22.5. The van der Waals surface area contributed by atoms with Gasteiger partial charge in [0.15, 0.2) is 0 Å². The molecule has 0 bridgehead atoms. The van der Waals surface area contributed by atoms with Gasteiger partial charge in [-0.05, 0) is 42.0 Å². The third-order valence-electron chi connectivity index (χ3n) is 4.06. The van der Waals surface area contributed by atoms with E-state index in [1.807, 2.05) is 6.07 Å². The molecule has 2 aromatic rings. The Bertz CT molecular complexity index is 933. The van der Waals surface area contributed by atoms with Crippen molar-refractivity contribution in [3.8, 4) is 11.8 Å². The molecular weight excluding hydrogens is 388 g/mol. The number of carboxylic acids is 1. The van der Waals surface area contributed by atoms with E-state index in [-0.39, 0.29) is 13.2 Å². The maximum Gasteiger partial charge on any atom is 0.412 e. The molecule has 8 nitrogen and oxygen atoms in total. The van der Waals surface area contributed by atoms with Crippen LogP contribution in [0.4, 0.5) is 10.5 Å². The second kappa shape index (κ2) is 11.2. The van der Waals surface area contributed by atoms with E-state index in [1.54, 1.807) is 55.5 Å². The molecule has 0 spiro atoms. The molecule has 30 heavy (non-hydrogen) atoms. The second-order valence-corrected chi connectivity index (χ2v) is 6.34. The van der Waals surface area contributed by atoms with Gasteiger partial charge in [0.25, 0.3) is 0 Å². The number of nitriles is 1. The average Bonchev–Trinajstić information content (AvgIpc) is 2.75. The van der Waals surface area contributed by atoms with Gasteiger partial charge in [-0.25, -0.2) is 9.59 Å². The summed E-state index contributed by atoms with van der Waals surface area (Å²) >= 11 is 0. The Hall–Kier alpha value is -3.83. The van der Waals surface area contributed by atoms with E-state index < -0.39 is 24.1 Å². The van der Waals surface area contributed by atoms with Crippen LogP contribution in [0.2, 0.25) is 0 Å². The van der Waals surface area contributed by atoms with Crippen LogP contribution in [0.15, 0.2) is 60.7 Å².